The zero-order valence-electron chi connectivity index (χ0n) is 10.9. The topological polar surface area (TPSA) is 56.5 Å². The molecule has 0 N–H and O–H groups in total. The number of aryl methyl sites for hydroxylation is 1. The monoisotopic (exact) mass is 337 g/mol. The Hall–Kier alpha value is -1.63. The van der Waals surface area contributed by atoms with Gasteiger partial charge in [-0.2, -0.15) is 5.10 Å². The number of pyridine rings is 1. The van der Waals surface area contributed by atoms with E-state index in [0.717, 1.165) is 10.6 Å². The molecule has 3 aromatic heterocycles. The minimum atomic E-state index is 0.356. The first kappa shape index (κ1) is 14.3. The lowest BCUT2D eigenvalue weighted by atomic mass is 10.3. The first-order valence-electron chi connectivity index (χ1n) is 5.93. The lowest BCUT2D eigenvalue weighted by Crippen LogP contribution is -1.92. The molecule has 0 saturated heterocycles. The molecule has 0 amide bonds. The molecular formula is C13H9Cl2N5S. The lowest BCUT2D eigenvalue weighted by Gasteiger charge is -2.06. The number of hydrogen-bond acceptors (Lipinski definition) is 5. The second-order valence-electron chi connectivity index (χ2n) is 4.13. The second kappa shape index (κ2) is 6.01. The Morgan fingerprint density at radius 1 is 1.10 bits per heavy atom. The van der Waals surface area contributed by atoms with Crippen LogP contribution in [-0.2, 0) is 7.05 Å². The van der Waals surface area contributed by atoms with Crippen LogP contribution in [0.2, 0.25) is 10.2 Å². The molecule has 0 aliphatic carbocycles. The van der Waals surface area contributed by atoms with Gasteiger partial charge in [0.1, 0.15) is 21.6 Å². The number of nitrogens with zero attached hydrogens (tertiary/aromatic N) is 5. The van der Waals surface area contributed by atoms with Gasteiger partial charge in [-0.15, -0.1) is 0 Å². The SMILES string of the molecule is Cn1ccc(-c2nccc(Sc3cnc(Cl)cn3)c2Cl)n1. The van der Waals surface area contributed by atoms with E-state index < -0.39 is 0 Å². The molecule has 0 atom stereocenters. The Morgan fingerprint density at radius 3 is 2.62 bits per heavy atom. The summed E-state index contributed by atoms with van der Waals surface area (Å²) < 4.78 is 1.71. The van der Waals surface area contributed by atoms with Gasteiger partial charge in [-0.1, -0.05) is 35.0 Å². The second-order valence-corrected chi connectivity index (χ2v) is 5.95. The van der Waals surface area contributed by atoms with Gasteiger partial charge in [-0.3, -0.25) is 9.67 Å². The summed E-state index contributed by atoms with van der Waals surface area (Å²) in [5, 5.41) is 5.92. The van der Waals surface area contributed by atoms with Gasteiger partial charge in [-0.05, 0) is 12.1 Å². The van der Waals surface area contributed by atoms with E-state index in [1.807, 2.05) is 25.4 Å². The van der Waals surface area contributed by atoms with Gasteiger partial charge in [-0.25, -0.2) is 9.97 Å². The molecule has 0 unspecified atom stereocenters. The summed E-state index contributed by atoms with van der Waals surface area (Å²) in [6.45, 7) is 0. The maximum Gasteiger partial charge on any atom is 0.147 e. The van der Waals surface area contributed by atoms with E-state index in [1.165, 1.54) is 18.0 Å². The molecule has 3 aromatic rings. The van der Waals surface area contributed by atoms with E-state index in [4.69, 9.17) is 23.2 Å². The van der Waals surface area contributed by atoms with Crippen LogP contribution in [0, 0.1) is 0 Å². The molecule has 0 spiro atoms. The fourth-order valence-corrected chi connectivity index (χ4v) is 2.86. The fourth-order valence-electron chi connectivity index (χ4n) is 1.69. The van der Waals surface area contributed by atoms with Crippen molar-refractivity contribution in [2.45, 2.75) is 9.92 Å². The minimum absolute atomic E-state index is 0.356. The van der Waals surface area contributed by atoms with Crippen LogP contribution in [0.1, 0.15) is 0 Å². The quantitative estimate of drug-likeness (QED) is 0.728. The van der Waals surface area contributed by atoms with Crippen molar-refractivity contribution in [3.8, 4) is 11.4 Å². The van der Waals surface area contributed by atoms with Crippen LogP contribution in [-0.4, -0.2) is 24.7 Å². The summed E-state index contributed by atoms with van der Waals surface area (Å²) in [7, 11) is 1.85. The number of rotatable bonds is 3. The van der Waals surface area contributed by atoms with Crippen LogP contribution in [0.15, 0.2) is 46.8 Å². The maximum atomic E-state index is 6.43. The lowest BCUT2D eigenvalue weighted by molar-refractivity contribution is 0.770. The van der Waals surface area contributed by atoms with Crippen molar-refractivity contribution in [1.29, 1.82) is 0 Å². The third-order valence-electron chi connectivity index (χ3n) is 2.62. The molecule has 8 heteroatoms. The molecule has 106 valence electrons. The van der Waals surface area contributed by atoms with Gasteiger partial charge in [0.05, 0.1) is 17.4 Å². The standard InChI is InChI=1S/C13H9Cl2N5S/c1-20-5-3-8(19-20)13-12(15)9(2-4-16-13)21-11-7-17-10(14)6-18-11/h2-7H,1H3. The van der Waals surface area contributed by atoms with Crippen LogP contribution in [0.5, 0.6) is 0 Å². The van der Waals surface area contributed by atoms with Gasteiger partial charge in [0.2, 0.25) is 0 Å². The maximum absolute atomic E-state index is 6.43. The number of halogens is 2. The summed E-state index contributed by atoms with van der Waals surface area (Å²) >= 11 is 13.6. The first-order chi connectivity index (χ1) is 10.1. The average molecular weight is 338 g/mol. The molecule has 0 bridgehead atoms. The van der Waals surface area contributed by atoms with Crippen molar-refractivity contribution in [3.05, 3.63) is 47.1 Å². The largest absolute Gasteiger partial charge is 0.275 e. The third-order valence-corrected chi connectivity index (χ3v) is 4.29. The molecule has 3 rings (SSSR count). The average Bonchev–Trinajstić information content (AvgIpc) is 2.90. The summed E-state index contributed by atoms with van der Waals surface area (Å²) in [5.74, 6) is 0. The molecule has 3 heterocycles. The number of hydrogen-bond donors (Lipinski definition) is 0. The smallest absolute Gasteiger partial charge is 0.147 e. The fraction of sp³-hybridized carbons (Fsp3) is 0.0769. The molecule has 0 aliphatic heterocycles. The molecule has 0 saturated carbocycles. The Kier molecular flexibility index (Phi) is 4.10. The van der Waals surface area contributed by atoms with Crippen molar-refractivity contribution in [2.24, 2.45) is 7.05 Å². The predicted octanol–water partition coefficient (Wildman–Crippen LogP) is 3.73. The van der Waals surface area contributed by atoms with E-state index in [2.05, 4.69) is 20.1 Å². The molecular weight excluding hydrogens is 329 g/mol. The van der Waals surface area contributed by atoms with Gasteiger partial charge in [0, 0.05) is 24.3 Å². The number of aromatic nitrogens is 5. The Labute approximate surface area is 135 Å². The zero-order chi connectivity index (χ0) is 14.8. The summed E-state index contributed by atoms with van der Waals surface area (Å²) in [5.41, 5.74) is 1.37. The van der Waals surface area contributed by atoms with Crippen molar-refractivity contribution in [3.63, 3.8) is 0 Å². The summed E-state index contributed by atoms with van der Waals surface area (Å²) in [6, 6.07) is 3.69. The van der Waals surface area contributed by atoms with Crippen LogP contribution in [0.4, 0.5) is 0 Å². The predicted molar refractivity (Wildman–Crippen MR) is 82.6 cm³/mol. The molecule has 0 radical (unpaired) electrons. The highest BCUT2D eigenvalue weighted by Gasteiger charge is 2.13. The van der Waals surface area contributed by atoms with Crippen LogP contribution >= 0.6 is 35.0 Å². The van der Waals surface area contributed by atoms with Crippen LogP contribution in [0.3, 0.4) is 0 Å². The van der Waals surface area contributed by atoms with E-state index in [-0.39, 0.29) is 0 Å². The minimum Gasteiger partial charge on any atom is -0.275 e. The van der Waals surface area contributed by atoms with Crippen molar-refractivity contribution >= 4 is 35.0 Å². The normalized spacial score (nSPS) is 10.8. The van der Waals surface area contributed by atoms with E-state index in [0.29, 0.717) is 20.9 Å². The first-order valence-corrected chi connectivity index (χ1v) is 7.50. The highest BCUT2D eigenvalue weighted by atomic mass is 35.5. The molecule has 0 fully saturated rings. The van der Waals surface area contributed by atoms with Crippen LogP contribution in [0.25, 0.3) is 11.4 Å². The highest BCUT2D eigenvalue weighted by molar-refractivity contribution is 7.99. The van der Waals surface area contributed by atoms with E-state index in [9.17, 15) is 0 Å². The van der Waals surface area contributed by atoms with E-state index >= 15 is 0 Å². The van der Waals surface area contributed by atoms with Crippen molar-refractivity contribution < 1.29 is 0 Å². The summed E-state index contributed by atoms with van der Waals surface area (Å²) in [4.78, 5) is 13.3. The van der Waals surface area contributed by atoms with Crippen molar-refractivity contribution in [2.75, 3.05) is 0 Å². The summed E-state index contributed by atoms with van der Waals surface area (Å²) in [6.07, 6.45) is 6.64. The van der Waals surface area contributed by atoms with Gasteiger partial charge < -0.3 is 0 Å². The molecule has 0 aliphatic rings. The van der Waals surface area contributed by atoms with Gasteiger partial charge in [0.15, 0.2) is 0 Å². The zero-order valence-corrected chi connectivity index (χ0v) is 13.2. The molecule has 0 aromatic carbocycles. The Balaban J connectivity index is 1.95. The third kappa shape index (κ3) is 3.18. The van der Waals surface area contributed by atoms with E-state index in [1.54, 1.807) is 17.1 Å². The van der Waals surface area contributed by atoms with Crippen LogP contribution < -0.4 is 0 Å². The van der Waals surface area contributed by atoms with Gasteiger partial charge in [0.25, 0.3) is 0 Å². The van der Waals surface area contributed by atoms with Crippen molar-refractivity contribution in [1.82, 2.24) is 24.7 Å². The highest BCUT2D eigenvalue weighted by Crippen LogP contribution is 2.36. The Morgan fingerprint density at radius 2 is 1.95 bits per heavy atom. The molecule has 5 nitrogen and oxygen atoms in total. The van der Waals surface area contributed by atoms with Gasteiger partial charge >= 0.3 is 0 Å². The molecule has 21 heavy (non-hydrogen) atoms. The Bertz CT molecular complexity index is 772.